The third-order valence-corrected chi connectivity index (χ3v) is 5.45. The molecule has 0 atom stereocenters. The zero-order valence-electron chi connectivity index (χ0n) is 11.6. The van der Waals surface area contributed by atoms with Crippen LogP contribution in [0, 0.1) is 6.92 Å². The smallest absolute Gasteiger partial charge is 0.358 e. The molecule has 112 valence electrons. The first-order valence-electron chi connectivity index (χ1n) is 6.38. The van der Waals surface area contributed by atoms with Crippen LogP contribution in [-0.4, -0.2) is 23.3 Å². The highest BCUT2D eigenvalue weighted by molar-refractivity contribution is 7.14. The average Bonchev–Trinajstić information content (AvgIpc) is 3.23. The highest BCUT2D eigenvalue weighted by atomic mass is 32.1. The lowest BCUT2D eigenvalue weighted by Crippen LogP contribution is -2.13. The van der Waals surface area contributed by atoms with Crippen molar-refractivity contribution < 1.29 is 14.3 Å². The van der Waals surface area contributed by atoms with E-state index in [0.29, 0.717) is 4.88 Å². The number of thiophene rings is 2. The number of aromatic nitrogens is 1. The van der Waals surface area contributed by atoms with E-state index in [1.54, 1.807) is 22.8 Å². The van der Waals surface area contributed by atoms with E-state index in [9.17, 15) is 9.59 Å². The van der Waals surface area contributed by atoms with Crippen LogP contribution < -0.4 is 0 Å². The maximum atomic E-state index is 11.9. The van der Waals surface area contributed by atoms with Gasteiger partial charge in [-0.1, -0.05) is 0 Å². The molecule has 0 aromatic carbocycles. The number of carbonyl (C=O) groups excluding carboxylic acids is 2. The summed E-state index contributed by atoms with van der Waals surface area (Å²) in [6.45, 7) is 1.67. The molecule has 3 aromatic rings. The van der Waals surface area contributed by atoms with Gasteiger partial charge in [-0.25, -0.2) is 9.78 Å². The van der Waals surface area contributed by atoms with Crippen LogP contribution >= 0.6 is 34.0 Å². The summed E-state index contributed by atoms with van der Waals surface area (Å²) in [4.78, 5) is 29.7. The Morgan fingerprint density at radius 1 is 1.23 bits per heavy atom. The lowest BCUT2D eigenvalue weighted by molar-refractivity contribution is 0.0471. The minimum atomic E-state index is -0.570. The van der Waals surface area contributed by atoms with Gasteiger partial charge >= 0.3 is 5.97 Å². The van der Waals surface area contributed by atoms with Gasteiger partial charge < -0.3 is 4.74 Å². The summed E-state index contributed by atoms with van der Waals surface area (Å²) in [7, 11) is 0. The van der Waals surface area contributed by atoms with Gasteiger partial charge in [0, 0.05) is 21.2 Å². The molecule has 3 aromatic heterocycles. The van der Waals surface area contributed by atoms with E-state index in [2.05, 4.69) is 4.98 Å². The van der Waals surface area contributed by atoms with Gasteiger partial charge in [0.25, 0.3) is 0 Å². The molecule has 4 nitrogen and oxygen atoms in total. The van der Waals surface area contributed by atoms with Gasteiger partial charge in [0.1, 0.15) is 5.01 Å². The number of carbonyl (C=O) groups is 2. The molecule has 0 spiro atoms. The van der Waals surface area contributed by atoms with Crippen molar-refractivity contribution in [1.82, 2.24) is 4.98 Å². The van der Waals surface area contributed by atoms with Crippen LogP contribution in [-0.2, 0) is 4.74 Å². The quantitative estimate of drug-likeness (QED) is 0.509. The van der Waals surface area contributed by atoms with Gasteiger partial charge in [-0.05, 0) is 30.5 Å². The zero-order valence-corrected chi connectivity index (χ0v) is 14.0. The van der Waals surface area contributed by atoms with Crippen LogP contribution in [0.2, 0.25) is 0 Å². The van der Waals surface area contributed by atoms with Crippen molar-refractivity contribution in [3.63, 3.8) is 0 Å². The molecule has 0 fully saturated rings. The monoisotopic (exact) mass is 349 g/mol. The molecule has 7 heteroatoms. The Bertz CT molecular complexity index is 802. The van der Waals surface area contributed by atoms with E-state index in [-0.39, 0.29) is 18.1 Å². The topological polar surface area (TPSA) is 56.3 Å². The minimum absolute atomic E-state index is 0.195. The molecule has 22 heavy (non-hydrogen) atoms. The molecule has 3 rings (SSSR count). The van der Waals surface area contributed by atoms with Crippen molar-refractivity contribution in [2.75, 3.05) is 6.61 Å². The van der Waals surface area contributed by atoms with E-state index >= 15 is 0 Å². The predicted octanol–water partition coefficient (Wildman–Crippen LogP) is 4.28. The van der Waals surface area contributed by atoms with Gasteiger partial charge in [0.05, 0.1) is 4.88 Å². The van der Waals surface area contributed by atoms with Crippen LogP contribution in [0.4, 0.5) is 0 Å². The molecule has 0 saturated carbocycles. The number of nitrogens with zero attached hydrogens (tertiary/aromatic N) is 1. The van der Waals surface area contributed by atoms with E-state index in [0.717, 1.165) is 15.4 Å². The number of esters is 1. The number of hydrogen-bond donors (Lipinski definition) is 0. The van der Waals surface area contributed by atoms with Crippen LogP contribution in [0.1, 0.15) is 25.0 Å². The molecule has 0 unspecified atom stereocenters. The third-order valence-electron chi connectivity index (χ3n) is 2.83. The molecular weight excluding hydrogens is 338 g/mol. The van der Waals surface area contributed by atoms with Gasteiger partial charge in [-0.2, -0.15) is 11.3 Å². The molecule has 3 heterocycles. The van der Waals surface area contributed by atoms with Gasteiger partial charge in [-0.15, -0.1) is 22.7 Å². The Morgan fingerprint density at radius 2 is 2.09 bits per heavy atom. The van der Waals surface area contributed by atoms with Crippen molar-refractivity contribution in [2.45, 2.75) is 6.92 Å². The van der Waals surface area contributed by atoms with Crippen LogP contribution in [0.15, 0.2) is 34.3 Å². The van der Waals surface area contributed by atoms with E-state index < -0.39 is 5.97 Å². The lowest BCUT2D eigenvalue weighted by atomic mass is 10.3. The third kappa shape index (κ3) is 3.32. The van der Waals surface area contributed by atoms with E-state index in [1.165, 1.54) is 22.7 Å². The Balaban J connectivity index is 1.61. The highest BCUT2D eigenvalue weighted by Gasteiger charge is 2.16. The number of Topliss-reactive ketones (excluding diaryl/α,β-unsaturated/α-hetero) is 1. The molecule has 0 aliphatic heterocycles. The maximum Gasteiger partial charge on any atom is 0.358 e. The first-order valence-corrected chi connectivity index (χ1v) is 9.02. The fraction of sp³-hybridized carbons (Fsp3) is 0.133. The standard InChI is InChI=1S/C15H11NO3S3/c1-9-2-3-13(22-9)12(17)6-19-15(18)11-8-21-14(16-11)10-4-5-20-7-10/h2-5,7-8H,6H2,1H3. The summed E-state index contributed by atoms with van der Waals surface area (Å²) in [6.07, 6.45) is 0. The molecule has 0 radical (unpaired) electrons. The number of thiazole rings is 1. The number of rotatable bonds is 5. The number of hydrogen-bond acceptors (Lipinski definition) is 7. The first kappa shape index (κ1) is 15.1. The fourth-order valence-electron chi connectivity index (χ4n) is 1.75. The van der Waals surface area contributed by atoms with E-state index in [1.807, 2.05) is 29.8 Å². The molecule has 0 amide bonds. The van der Waals surface area contributed by atoms with Crippen molar-refractivity contribution in [3.8, 4) is 10.6 Å². The maximum absolute atomic E-state index is 11.9. The summed E-state index contributed by atoms with van der Waals surface area (Å²) in [5.41, 5.74) is 1.22. The molecular formula is C15H11NO3S3. The summed E-state index contributed by atoms with van der Waals surface area (Å²) in [5, 5.41) is 6.34. The molecule has 0 saturated heterocycles. The summed E-state index contributed by atoms with van der Waals surface area (Å²) < 4.78 is 5.05. The van der Waals surface area contributed by atoms with Gasteiger partial charge in [-0.3, -0.25) is 4.79 Å². The summed E-state index contributed by atoms with van der Waals surface area (Å²) in [6, 6.07) is 5.56. The Labute approximate surface area is 139 Å². The predicted molar refractivity (Wildman–Crippen MR) is 89.1 cm³/mol. The van der Waals surface area contributed by atoms with Crippen LogP contribution in [0.3, 0.4) is 0 Å². The van der Waals surface area contributed by atoms with Crippen LogP contribution in [0.5, 0.6) is 0 Å². The lowest BCUT2D eigenvalue weighted by Gasteiger charge is -2.00. The van der Waals surface area contributed by atoms with Crippen molar-refractivity contribution in [1.29, 1.82) is 0 Å². The van der Waals surface area contributed by atoms with Crippen molar-refractivity contribution in [3.05, 3.63) is 49.8 Å². The zero-order chi connectivity index (χ0) is 15.5. The largest absolute Gasteiger partial charge is 0.453 e. The second-order valence-corrected chi connectivity index (χ2v) is 7.39. The highest BCUT2D eigenvalue weighted by Crippen LogP contribution is 2.26. The Kier molecular flexibility index (Phi) is 4.47. The normalized spacial score (nSPS) is 10.6. The van der Waals surface area contributed by atoms with Crippen LogP contribution in [0.25, 0.3) is 10.6 Å². The van der Waals surface area contributed by atoms with Crippen molar-refractivity contribution >= 4 is 45.8 Å². The molecule has 0 aliphatic carbocycles. The van der Waals surface area contributed by atoms with Gasteiger partial charge in [0.15, 0.2) is 12.3 Å². The average molecular weight is 349 g/mol. The number of aryl methyl sites for hydroxylation is 1. The fourth-order valence-corrected chi connectivity index (χ4v) is 4.04. The molecule has 0 N–H and O–H groups in total. The summed E-state index contributed by atoms with van der Waals surface area (Å²) >= 11 is 4.35. The Morgan fingerprint density at radius 3 is 2.77 bits per heavy atom. The SMILES string of the molecule is Cc1ccc(C(=O)COC(=O)c2csc(-c3ccsc3)n2)s1. The van der Waals surface area contributed by atoms with Gasteiger partial charge in [0.2, 0.25) is 5.78 Å². The van der Waals surface area contributed by atoms with E-state index in [4.69, 9.17) is 4.74 Å². The minimum Gasteiger partial charge on any atom is -0.453 e. The number of ketones is 1. The second kappa shape index (κ2) is 6.51. The molecule has 0 bridgehead atoms. The Hall–Kier alpha value is -1.83. The summed E-state index contributed by atoms with van der Waals surface area (Å²) in [5.74, 6) is -0.765. The molecule has 0 aliphatic rings. The van der Waals surface area contributed by atoms with Crippen molar-refractivity contribution in [2.24, 2.45) is 0 Å². The first-order chi connectivity index (χ1) is 10.6. The number of ether oxygens (including phenoxy) is 1. The second-order valence-electron chi connectivity index (χ2n) is 4.46.